The van der Waals surface area contributed by atoms with Crippen LogP contribution in [0.3, 0.4) is 0 Å². The maximum atomic E-state index is 11.1. The summed E-state index contributed by atoms with van der Waals surface area (Å²) in [4.78, 5) is 31.7. The molecule has 0 spiro atoms. The number of carbonyl (C=O) groups excluding carboxylic acids is 2. The van der Waals surface area contributed by atoms with Crippen molar-refractivity contribution in [2.75, 3.05) is 12.4 Å². The number of non-ortho nitro benzene ring substituents is 1. The second-order valence-corrected chi connectivity index (χ2v) is 2.75. The van der Waals surface area contributed by atoms with Crippen LogP contribution in [0.2, 0.25) is 0 Å². The fraction of sp³-hybridized carbons (Fsp3) is 0.111. The van der Waals surface area contributed by atoms with E-state index in [9.17, 15) is 19.7 Å². The number of esters is 1. The molecule has 7 heteroatoms. The summed E-state index contributed by atoms with van der Waals surface area (Å²) >= 11 is 0. The summed E-state index contributed by atoms with van der Waals surface area (Å²) in [7, 11) is 1.06. The Morgan fingerprint density at radius 2 is 2.12 bits per heavy atom. The highest BCUT2D eigenvalue weighted by Gasteiger charge is 2.14. The molecule has 1 amide bonds. The molecule has 0 saturated heterocycles. The molecule has 0 unspecified atom stereocenters. The van der Waals surface area contributed by atoms with Crippen molar-refractivity contribution >= 4 is 23.3 Å². The number of hydrogen-bond donors (Lipinski definition) is 1. The maximum absolute atomic E-state index is 11.1. The van der Waals surface area contributed by atoms with Crippen molar-refractivity contribution in [1.29, 1.82) is 0 Å². The van der Waals surface area contributed by atoms with E-state index in [0.29, 0.717) is 0 Å². The van der Waals surface area contributed by atoms with Crippen molar-refractivity contribution in [1.82, 2.24) is 0 Å². The maximum Gasteiger partial charge on any atom is 0.396 e. The first kappa shape index (κ1) is 11.6. The molecular formula is C9H8N2O5. The summed E-state index contributed by atoms with van der Waals surface area (Å²) in [6.07, 6.45) is 0. The van der Waals surface area contributed by atoms with Crippen LogP contribution >= 0.6 is 0 Å². The molecular weight excluding hydrogens is 216 g/mol. The first-order valence-corrected chi connectivity index (χ1v) is 4.18. The Hall–Kier alpha value is -2.44. The number of anilines is 1. The lowest BCUT2D eigenvalue weighted by Crippen LogP contribution is -2.23. The zero-order chi connectivity index (χ0) is 12.1. The van der Waals surface area contributed by atoms with E-state index in [1.807, 2.05) is 0 Å². The van der Waals surface area contributed by atoms with E-state index >= 15 is 0 Å². The van der Waals surface area contributed by atoms with Crippen molar-refractivity contribution in [3.05, 3.63) is 34.4 Å². The minimum Gasteiger partial charge on any atom is -0.462 e. The van der Waals surface area contributed by atoms with Gasteiger partial charge in [-0.2, -0.15) is 0 Å². The molecule has 1 rings (SSSR count). The van der Waals surface area contributed by atoms with Crippen LogP contribution in [0.1, 0.15) is 0 Å². The second kappa shape index (κ2) is 4.87. The first-order chi connectivity index (χ1) is 7.54. The summed E-state index contributed by atoms with van der Waals surface area (Å²) in [5.74, 6) is -2.05. The largest absolute Gasteiger partial charge is 0.462 e. The van der Waals surface area contributed by atoms with E-state index in [4.69, 9.17) is 0 Å². The third-order valence-corrected chi connectivity index (χ3v) is 1.69. The van der Waals surface area contributed by atoms with Crippen LogP contribution in [0.15, 0.2) is 24.3 Å². The molecule has 0 radical (unpaired) electrons. The first-order valence-electron chi connectivity index (χ1n) is 4.18. The molecule has 7 nitrogen and oxygen atoms in total. The van der Waals surface area contributed by atoms with Crippen molar-refractivity contribution in [3.8, 4) is 0 Å². The van der Waals surface area contributed by atoms with Crippen molar-refractivity contribution in [2.45, 2.75) is 0 Å². The highest BCUT2D eigenvalue weighted by Crippen LogP contribution is 2.16. The predicted molar refractivity (Wildman–Crippen MR) is 53.7 cm³/mol. The van der Waals surface area contributed by atoms with Crippen LogP contribution < -0.4 is 5.32 Å². The van der Waals surface area contributed by atoms with Gasteiger partial charge in [0.15, 0.2) is 0 Å². The quantitative estimate of drug-likeness (QED) is 0.345. The molecule has 0 aliphatic heterocycles. The van der Waals surface area contributed by atoms with Gasteiger partial charge in [0.1, 0.15) is 0 Å². The lowest BCUT2D eigenvalue weighted by Gasteiger charge is -2.02. The van der Waals surface area contributed by atoms with E-state index in [2.05, 4.69) is 10.1 Å². The third kappa shape index (κ3) is 2.77. The SMILES string of the molecule is COC(=O)C(=O)Nc1cccc([N+](=O)[O-])c1. The van der Waals surface area contributed by atoms with E-state index < -0.39 is 16.8 Å². The van der Waals surface area contributed by atoms with Crippen molar-refractivity contribution < 1.29 is 19.2 Å². The van der Waals surface area contributed by atoms with Gasteiger partial charge in [0.2, 0.25) is 0 Å². The zero-order valence-electron chi connectivity index (χ0n) is 8.30. The molecule has 1 N–H and O–H groups in total. The molecule has 0 aliphatic rings. The van der Waals surface area contributed by atoms with Crippen LogP contribution in [0.4, 0.5) is 11.4 Å². The van der Waals surface area contributed by atoms with Gasteiger partial charge in [-0.05, 0) is 6.07 Å². The van der Waals surface area contributed by atoms with Gasteiger partial charge in [-0.1, -0.05) is 6.07 Å². The van der Waals surface area contributed by atoms with Crippen LogP contribution in [-0.2, 0) is 14.3 Å². The molecule has 0 bridgehead atoms. The average molecular weight is 224 g/mol. The van der Waals surface area contributed by atoms with Gasteiger partial charge < -0.3 is 10.1 Å². The molecule has 0 heterocycles. The number of rotatable bonds is 2. The van der Waals surface area contributed by atoms with Gasteiger partial charge in [0.25, 0.3) is 5.69 Å². The van der Waals surface area contributed by atoms with Gasteiger partial charge in [-0.3, -0.25) is 14.9 Å². The number of benzene rings is 1. The van der Waals surface area contributed by atoms with Crippen LogP contribution in [0.25, 0.3) is 0 Å². The summed E-state index contributed by atoms with van der Waals surface area (Å²) in [6, 6.07) is 5.23. The Kier molecular flexibility index (Phi) is 3.54. The molecule has 0 aromatic heterocycles. The summed E-state index contributed by atoms with van der Waals surface area (Å²) < 4.78 is 4.18. The normalized spacial score (nSPS) is 9.31. The summed E-state index contributed by atoms with van der Waals surface area (Å²) in [6.45, 7) is 0. The van der Waals surface area contributed by atoms with E-state index in [0.717, 1.165) is 13.2 Å². The molecule has 16 heavy (non-hydrogen) atoms. The minimum absolute atomic E-state index is 0.157. The number of amides is 1. The lowest BCUT2D eigenvalue weighted by atomic mass is 10.3. The highest BCUT2D eigenvalue weighted by atomic mass is 16.6. The van der Waals surface area contributed by atoms with Gasteiger partial charge in [-0.25, -0.2) is 4.79 Å². The number of methoxy groups -OCH3 is 1. The number of nitrogens with zero attached hydrogens (tertiary/aromatic N) is 1. The van der Waals surface area contributed by atoms with E-state index in [1.54, 1.807) is 0 Å². The van der Waals surface area contributed by atoms with Crippen molar-refractivity contribution in [3.63, 3.8) is 0 Å². The number of nitro groups is 1. The number of nitro benzene ring substituents is 1. The van der Waals surface area contributed by atoms with Crippen LogP contribution in [0, 0.1) is 10.1 Å². The monoisotopic (exact) mass is 224 g/mol. The number of nitrogens with one attached hydrogen (secondary N) is 1. The van der Waals surface area contributed by atoms with Crippen LogP contribution in [0.5, 0.6) is 0 Å². The van der Waals surface area contributed by atoms with Crippen LogP contribution in [-0.4, -0.2) is 23.9 Å². The predicted octanol–water partition coefficient (Wildman–Crippen LogP) is 0.706. The van der Waals surface area contributed by atoms with Gasteiger partial charge in [0.05, 0.1) is 12.0 Å². The number of hydrogen-bond acceptors (Lipinski definition) is 5. The van der Waals surface area contributed by atoms with E-state index in [-0.39, 0.29) is 11.4 Å². The molecule has 0 fully saturated rings. The molecule has 0 saturated carbocycles. The van der Waals surface area contributed by atoms with Gasteiger partial charge >= 0.3 is 11.9 Å². The highest BCUT2D eigenvalue weighted by molar-refractivity contribution is 6.37. The molecule has 0 aliphatic carbocycles. The second-order valence-electron chi connectivity index (χ2n) is 2.75. The zero-order valence-corrected chi connectivity index (χ0v) is 8.30. The van der Waals surface area contributed by atoms with E-state index in [1.165, 1.54) is 18.2 Å². The Bertz CT molecular complexity index is 443. The standard InChI is InChI=1S/C9H8N2O5/c1-16-9(13)8(12)10-6-3-2-4-7(5-6)11(14)15/h2-5H,1H3,(H,10,12). The molecule has 1 aromatic rings. The fourth-order valence-corrected chi connectivity index (χ4v) is 0.972. The third-order valence-electron chi connectivity index (χ3n) is 1.69. The lowest BCUT2D eigenvalue weighted by molar-refractivity contribution is -0.384. The molecule has 84 valence electrons. The fourth-order valence-electron chi connectivity index (χ4n) is 0.972. The average Bonchev–Trinajstić information content (AvgIpc) is 2.28. The Labute approximate surface area is 90.2 Å². The van der Waals surface area contributed by atoms with Gasteiger partial charge in [0, 0.05) is 17.8 Å². The minimum atomic E-state index is -1.06. The smallest absolute Gasteiger partial charge is 0.396 e. The summed E-state index contributed by atoms with van der Waals surface area (Å²) in [5.41, 5.74) is -0.0211. The summed E-state index contributed by atoms with van der Waals surface area (Å²) in [5, 5.41) is 12.6. The number of ether oxygens (including phenoxy) is 1. The Morgan fingerprint density at radius 1 is 1.44 bits per heavy atom. The Morgan fingerprint density at radius 3 is 2.69 bits per heavy atom. The Balaban J connectivity index is 2.82. The molecule has 0 atom stereocenters. The molecule has 1 aromatic carbocycles. The van der Waals surface area contributed by atoms with Crippen molar-refractivity contribution in [2.24, 2.45) is 0 Å². The van der Waals surface area contributed by atoms with Gasteiger partial charge in [-0.15, -0.1) is 0 Å². The number of carbonyl (C=O) groups is 2. The topological polar surface area (TPSA) is 98.5 Å².